The van der Waals surface area contributed by atoms with E-state index in [1.54, 1.807) is 12.1 Å². The minimum atomic E-state index is 0.228. The predicted octanol–water partition coefficient (Wildman–Crippen LogP) is 5.32. The van der Waals surface area contributed by atoms with Crippen molar-refractivity contribution in [1.29, 1.82) is 0 Å². The third-order valence-corrected chi connectivity index (χ3v) is 6.22. The summed E-state index contributed by atoms with van der Waals surface area (Å²) in [4.78, 5) is 15.3. The number of fused-ring (bicyclic) bond motifs is 5. The molecule has 1 aromatic carbocycles. The van der Waals surface area contributed by atoms with E-state index < -0.39 is 0 Å². The highest BCUT2D eigenvalue weighted by atomic mass is 17.2. The van der Waals surface area contributed by atoms with Crippen LogP contribution in [0, 0.1) is 0 Å². The van der Waals surface area contributed by atoms with Crippen LogP contribution < -0.4 is 4.74 Å². The molecule has 5 rings (SSSR count). The van der Waals surface area contributed by atoms with E-state index in [9.17, 15) is 5.11 Å². The van der Waals surface area contributed by atoms with Crippen molar-refractivity contribution < 1.29 is 19.6 Å². The van der Waals surface area contributed by atoms with Gasteiger partial charge in [-0.15, -0.1) is 0 Å². The normalized spacial score (nSPS) is 16.7. The minimum Gasteiger partial charge on any atom is -0.508 e. The van der Waals surface area contributed by atoms with Gasteiger partial charge >= 0.3 is 0 Å². The van der Waals surface area contributed by atoms with Crippen LogP contribution >= 0.6 is 0 Å². The Kier molecular flexibility index (Phi) is 5.35. The third kappa shape index (κ3) is 3.44. The van der Waals surface area contributed by atoms with Gasteiger partial charge < -0.3 is 14.4 Å². The second-order valence-corrected chi connectivity index (χ2v) is 8.12. The van der Waals surface area contributed by atoms with Crippen molar-refractivity contribution in [3.05, 3.63) is 41.6 Å². The van der Waals surface area contributed by atoms with Crippen molar-refractivity contribution in [2.24, 2.45) is 0 Å². The SMILES string of the molecule is CCOOCc1ccc2c(C3CCCCC3)c3n(c2n1)CCOc1cc(O)ccc1-3. The van der Waals surface area contributed by atoms with Gasteiger partial charge in [-0.1, -0.05) is 19.3 Å². The summed E-state index contributed by atoms with van der Waals surface area (Å²) in [6.07, 6.45) is 6.26. The molecular weight excluding hydrogens is 380 g/mol. The first kappa shape index (κ1) is 19.4. The highest BCUT2D eigenvalue weighted by Crippen LogP contribution is 2.47. The average Bonchev–Trinajstić information content (AvgIpc) is 2.96. The second-order valence-electron chi connectivity index (χ2n) is 8.12. The fourth-order valence-electron chi connectivity index (χ4n) is 4.93. The molecule has 6 nitrogen and oxygen atoms in total. The zero-order chi connectivity index (χ0) is 20.5. The maximum absolute atomic E-state index is 10.0. The summed E-state index contributed by atoms with van der Waals surface area (Å²) in [7, 11) is 0. The number of aromatic nitrogens is 2. The highest BCUT2D eigenvalue weighted by molar-refractivity contribution is 5.92. The standard InChI is InChI=1S/C24H28N2O4/c1-2-29-30-15-17-8-10-20-22(16-6-4-3-5-7-16)23-19-11-9-18(27)14-21(19)28-13-12-26(23)24(20)25-17/h8-11,14,16,27H,2-7,12-13,15H2,1H3. The van der Waals surface area contributed by atoms with Crippen LogP contribution in [0.25, 0.3) is 22.3 Å². The van der Waals surface area contributed by atoms with Crippen LogP contribution in [0.2, 0.25) is 0 Å². The number of nitrogens with zero attached hydrogens (tertiary/aromatic N) is 2. The Morgan fingerprint density at radius 3 is 2.83 bits per heavy atom. The van der Waals surface area contributed by atoms with E-state index in [2.05, 4.69) is 10.6 Å². The number of aromatic hydroxyl groups is 1. The Morgan fingerprint density at radius 2 is 2.00 bits per heavy atom. The summed E-state index contributed by atoms with van der Waals surface area (Å²) in [6, 6.07) is 9.68. The monoisotopic (exact) mass is 408 g/mol. The quantitative estimate of drug-likeness (QED) is 0.352. The summed E-state index contributed by atoms with van der Waals surface area (Å²) in [5, 5.41) is 11.2. The van der Waals surface area contributed by atoms with Gasteiger partial charge in [-0.2, -0.15) is 0 Å². The topological polar surface area (TPSA) is 65.7 Å². The molecule has 0 saturated heterocycles. The van der Waals surface area contributed by atoms with Gasteiger partial charge in [-0.3, -0.25) is 0 Å². The Bertz CT molecular complexity index is 1050. The molecule has 0 spiro atoms. The molecular formula is C24H28N2O4. The average molecular weight is 408 g/mol. The van der Waals surface area contributed by atoms with Crippen LogP contribution in [0.15, 0.2) is 30.3 Å². The Balaban J connectivity index is 1.70. The van der Waals surface area contributed by atoms with Gasteiger partial charge in [0.15, 0.2) is 0 Å². The number of benzene rings is 1. The van der Waals surface area contributed by atoms with E-state index in [1.807, 2.05) is 19.1 Å². The zero-order valence-electron chi connectivity index (χ0n) is 17.4. The Hall–Kier alpha value is -2.57. The van der Waals surface area contributed by atoms with Crippen molar-refractivity contribution in [2.75, 3.05) is 13.2 Å². The van der Waals surface area contributed by atoms with Crippen LogP contribution in [0.3, 0.4) is 0 Å². The van der Waals surface area contributed by atoms with Crippen molar-refractivity contribution in [3.8, 4) is 22.8 Å². The lowest BCUT2D eigenvalue weighted by Gasteiger charge is -2.23. The van der Waals surface area contributed by atoms with Gasteiger partial charge in [-0.05, 0) is 55.5 Å². The van der Waals surface area contributed by atoms with Crippen molar-refractivity contribution in [1.82, 2.24) is 9.55 Å². The van der Waals surface area contributed by atoms with Crippen LogP contribution in [-0.2, 0) is 22.9 Å². The molecule has 0 unspecified atom stereocenters. The van der Waals surface area contributed by atoms with Crippen molar-refractivity contribution in [2.45, 2.75) is 58.1 Å². The summed E-state index contributed by atoms with van der Waals surface area (Å²) in [5.41, 5.74) is 5.44. The molecule has 30 heavy (non-hydrogen) atoms. The summed E-state index contributed by atoms with van der Waals surface area (Å²) >= 11 is 0. The lowest BCUT2D eigenvalue weighted by Crippen LogP contribution is -2.08. The highest BCUT2D eigenvalue weighted by Gasteiger charge is 2.30. The molecule has 1 fully saturated rings. The van der Waals surface area contributed by atoms with Crippen molar-refractivity contribution in [3.63, 3.8) is 0 Å². The molecule has 3 aromatic rings. The molecule has 0 bridgehead atoms. The number of rotatable bonds is 5. The van der Waals surface area contributed by atoms with Crippen LogP contribution in [-0.4, -0.2) is 27.9 Å². The van der Waals surface area contributed by atoms with Gasteiger partial charge in [0.1, 0.15) is 30.4 Å². The van der Waals surface area contributed by atoms with Crippen LogP contribution in [0.1, 0.15) is 56.2 Å². The number of phenols is 1. The van der Waals surface area contributed by atoms with E-state index in [4.69, 9.17) is 19.5 Å². The summed E-state index contributed by atoms with van der Waals surface area (Å²) in [5.74, 6) is 1.49. The summed E-state index contributed by atoms with van der Waals surface area (Å²) in [6.45, 7) is 3.99. The number of hydrogen-bond acceptors (Lipinski definition) is 5. The molecule has 1 aliphatic heterocycles. The largest absolute Gasteiger partial charge is 0.508 e. The number of hydrogen-bond donors (Lipinski definition) is 1. The lowest BCUT2D eigenvalue weighted by atomic mass is 9.82. The van der Waals surface area contributed by atoms with Gasteiger partial charge in [0.05, 0.1) is 24.5 Å². The molecule has 2 aromatic heterocycles. The van der Waals surface area contributed by atoms with Gasteiger partial charge in [0, 0.05) is 17.0 Å². The smallest absolute Gasteiger partial charge is 0.141 e. The molecule has 6 heteroatoms. The van der Waals surface area contributed by atoms with E-state index in [0.717, 1.165) is 29.2 Å². The van der Waals surface area contributed by atoms with Gasteiger partial charge in [-0.25, -0.2) is 14.8 Å². The van der Waals surface area contributed by atoms with Gasteiger partial charge in [0.25, 0.3) is 0 Å². The Labute approximate surface area is 176 Å². The van der Waals surface area contributed by atoms with E-state index in [1.165, 1.54) is 48.7 Å². The Morgan fingerprint density at radius 1 is 1.13 bits per heavy atom. The molecule has 0 radical (unpaired) electrons. The first-order chi connectivity index (χ1) is 14.8. The van der Waals surface area contributed by atoms with Gasteiger partial charge in [0.2, 0.25) is 0 Å². The van der Waals surface area contributed by atoms with E-state index in [0.29, 0.717) is 25.7 Å². The molecule has 0 atom stereocenters. The number of phenolic OH excluding ortho intramolecular Hbond substituents is 1. The fraction of sp³-hybridized carbons (Fsp3) is 0.458. The minimum absolute atomic E-state index is 0.228. The van der Waals surface area contributed by atoms with E-state index >= 15 is 0 Å². The number of ether oxygens (including phenoxy) is 1. The predicted molar refractivity (Wildman–Crippen MR) is 115 cm³/mol. The first-order valence-electron chi connectivity index (χ1n) is 11.0. The first-order valence-corrected chi connectivity index (χ1v) is 11.0. The van der Waals surface area contributed by atoms with E-state index in [-0.39, 0.29) is 5.75 Å². The second kappa shape index (κ2) is 8.28. The molecule has 1 saturated carbocycles. The number of pyridine rings is 1. The van der Waals surface area contributed by atoms with Crippen molar-refractivity contribution >= 4 is 11.0 Å². The zero-order valence-corrected chi connectivity index (χ0v) is 17.4. The molecule has 0 amide bonds. The third-order valence-electron chi connectivity index (χ3n) is 6.22. The molecule has 158 valence electrons. The fourth-order valence-corrected chi connectivity index (χ4v) is 4.93. The lowest BCUT2D eigenvalue weighted by molar-refractivity contribution is -0.301. The molecule has 1 aliphatic carbocycles. The van der Waals surface area contributed by atoms with Crippen LogP contribution in [0.4, 0.5) is 0 Å². The van der Waals surface area contributed by atoms with Crippen LogP contribution in [0.5, 0.6) is 11.5 Å². The summed E-state index contributed by atoms with van der Waals surface area (Å²) < 4.78 is 8.32. The maximum Gasteiger partial charge on any atom is 0.141 e. The maximum atomic E-state index is 10.0. The molecule has 2 aliphatic rings. The molecule has 1 N–H and O–H groups in total. The molecule has 3 heterocycles.